The lowest BCUT2D eigenvalue weighted by Crippen LogP contribution is -2.59. The summed E-state index contributed by atoms with van der Waals surface area (Å²) < 4.78 is 0. The molecular formula is C25H40N6O6. The van der Waals surface area contributed by atoms with Gasteiger partial charge in [-0.25, -0.2) is 4.79 Å². The Bertz CT molecular complexity index is 912. The number of hydrogen-bond acceptors (Lipinski definition) is 7. The van der Waals surface area contributed by atoms with Gasteiger partial charge in [0.1, 0.15) is 18.1 Å². The van der Waals surface area contributed by atoms with Gasteiger partial charge in [-0.15, -0.1) is 0 Å². The second-order valence-electron chi connectivity index (χ2n) is 9.08. The average molecular weight is 521 g/mol. The summed E-state index contributed by atoms with van der Waals surface area (Å²) in [6, 6.07) is 4.53. The molecule has 5 atom stereocenters. The molecule has 1 aromatic carbocycles. The molecule has 0 spiro atoms. The molecule has 37 heavy (non-hydrogen) atoms. The summed E-state index contributed by atoms with van der Waals surface area (Å²) >= 11 is 0. The standard InChI is InChI=1S/C25H40N6O6/c1-3-15(2)21(31-22(33)17(27)13-16-9-5-4-6-10-16)24(35)30-19(14-20(28)32)23(34)29-18(25(36)37)11-7-8-12-26/h4-6,9-10,15,17-19,21H,3,7-8,11-14,26-27H2,1-2H3,(H2,28,32)(H,29,34)(H,30,35)(H,31,33)(H,36,37). The van der Waals surface area contributed by atoms with Gasteiger partial charge in [0.25, 0.3) is 0 Å². The van der Waals surface area contributed by atoms with Crippen molar-refractivity contribution >= 4 is 29.6 Å². The molecule has 1 rings (SSSR count). The van der Waals surface area contributed by atoms with Crippen LogP contribution in [0.3, 0.4) is 0 Å². The fourth-order valence-corrected chi connectivity index (χ4v) is 3.62. The number of carboxylic acids is 1. The zero-order valence-corrected chi connectivity index (χ0v) is 21.4. The number of amides is 4. The van der Waals surface area contributed by atoms with E-state index in [2.05, 4.69) is 16.0 Å². The Kier molecular flexibility index (Phi) is 13.9. The SMILES string of the molecule is CCC(C)C(NC(=O)C(N)Cc1ccccc1)C(=O)NC(CC(N)=O)C(=O)NC(CCCCN)C(=O)O. The van der Waals surface area contributed by atoms with Crippen LogP contribution in [0.1, 0.15) is 51.5 Å². The first-order chi connectivity index (χ1) is 17.5. The van der Waals surface area contributed by atoms with Crippen LogP contribution in [0.2, 0.25) is 0 Å². The first kappa shape index (κ1) is 31.5. The molecule has 0 saturated carbocycles. The van der Waals surface area contributed by atoms with Crippen LogP contribution >= 0.6 is 0 Å². The quantitative estimate of drug-likeness (QED) is 0.128. The number of hydrogen-bond donors (Lipinski definition) is 7. The number of aliphatic carboxylic acids is 1. The van der Waals surface area contributed by atoms with Crippen molar-refractivity contribution in [2.24, 2.45) is 23.1 Å². The predicted molar refractivity (Wildman–Crippen MR) is 138 cm³/mol. The van der Waals surface area contributed by atoms with Crippen LogP contribution in [0.5, 0.6) is 0 Å². The molecule has 0 radical (unpaired) electrons. The van der Waals surface area contributed by atoms with Crippen LogP contribution in [0, 0.1) is 5.92 Å². The molecule has 10 N–H and O–H groups in total. The van der Waals surface area contributed by atoms with Gasteiger partial charge in [-0.2, -0.15) is 0 Å². The summed E-state index contributed by atoms with van der Waals surface area (Å²) in [7, 11) is 0. The van der Waals surface area contributed by atoms with E-state index in [0.29, 0.717) is 25.8 Å². The Hall–Kier alpha value is -3.51. The first-order valence-electron chi connectivity index (χ1n) is 12.4. The number of unbranched alkanes of at least 4 members (excludes halogenated alkanes) is 1. The van der Waals surface area contributed by atoms with Crippen LogP contribution in [-0.2, 0) is 30.4 Å². The Balaban J connectivity index is 2.96. The summed E-state index contributed by atoms with van der Waals surface area (Å²) in [5.74, 6) is -4.61. The predicted octanol–water partition coefficient (Wildman–Crippen LogP) is -0.854. The zero-order valence-electron chi connectivity index (χ0n) is 21.4. The molecule has 1 aromatic rings. The van der Waals surface area contributed by atoms with E-state index >= 15 is 0 Å². The van der Waals surface area contributed by atoms with Gasteiger partial charge in [0.15, 0.2) is 0 Å². The minimum Gasteiger partial charge on any atom is -0.480 e. The summed E-state index contributed by atoms with van der Waals surface area (Å²) in [5.41, 5.74) is 17.6. The van der Waals surface area contributed by atoms with Crippen molar-refractivity contribution in [1.82, 2.24) is 16.0 Å². The molecule has 0 aliphatic heterocycles. The molecule has 12 nitrogen and oxygen atoms in total. The molecule has 206 valence electrons. The number of nitrogens with one attached hydrogen (secondary N) is 3. The fourth-order valence-electron chi connectivity index (χ4n) is 3.62. The summed E-state index contributed by atoms with van der Waals surface area (Å²) in [6.07, 6.45) is 1.38. The number of rotatable bonds is 17. The highest BCUT2D eigenvalue weighted by atomic mass is 16.4. The maximum Gasteiger partial charge on any atom is 0.326 e. The molecule has 4 amide bonds. The van der Waals surface area contributed by atoms with Gasteiger partial charge in [-0.05, 0) is 43.7 Å². The molecule has 0 aliphatic carbocycles. The third kappa shape index (κ3) is 11.4. The smallest absolute Gasteiger partial charge is 0.326 e. The van der Waals surface area contributed by atoms with Crippen molar-refractivity contribution in [3.05, 3.63) is 35.9 Å². The topological polar surface area (TPSA) is 220 Å². The summed E-state index contributed by atoms with van der Waals surface area (Å²) in [6.45, 7) is 3.94. The van der Waals surface area contributed by atoms with Crippen molar-refractivity contribution in [2.75, 3.05) is 6.54 Å². The molecule has 0 aliphatic rings. The maximum absolute atomic E-state index is 13.2. The zero-order chi connectivity index (χ0) is 28.0. The Morgan fingerprint density at radius 2 is 1.54 bits per heavy atom. The van der Waals surface area contributed by atoms with E-state index in [-0.39, 0.29) is 18.8 Å². The van der Waals surface area contributed by atoms with E-state index < -0.39 is 60.2 Å². The minimum atomic E-state index is -1.43. The van der Waals surface area contributed by atoms with Crippen LogP contribution in [0.15, 0.2) is 30.3 Å². The third-order valence-electron chi connectivity index (χ3n) is 6.03. The lowest BCUT2D eigenvalue weighted by Gasteiger charge is -2.27. The second-order valence-corrected chi connectivity index (χ2v) is 9.08. The molecule has 0 bridgehead atoms. The molecule has 5 unspecified atom stereocenters. The molecule has 0 saturated heterocycles. The maximum atomic E-state index is 13.2. The molecule has 0 heterocycles. The van der Waals surface area contributed by atoms with Crippen LogP contribution in [0.25, 0.3) is 0 Å². The highest BCUT2D eigenvalue weighted by molar-refractivity contribution is 5.96. The first-order valence-corrected chi connectivity index (χ1v) is 12.4. The second kappa shape index (κ2) is 16.3. The monoisotopic (exact) mass is 520 g/mol. The highest BCUT2D eigenvalue weighted by Gasteiger charge is 2.33. The van der Waals surface area contributed by atoms with Gasteiger partial charge >= 0.3 is 5.97 Å². The number of primary amides is 1. The minimum absolute atomic E-state index is 0.125. The molecule has 0 fully saturated rings. The van der Waals surface area contributed by atoms with Crippen LogP contribution in [-0.4, -0.2) is 65.4 Å². The van der Waals surface area contributed by atoms with Gasteiger partial charge in [-0.1, -0.05) is 50.6 Å². The van der Waals surface area contributed by atoms with E-state index in [0.717, 1.165) is 5.56 Å². The lowest BCUT2D eigenvalue weighted by atomic mass is 9.96. The van der Waals surface area contributed by atoms with Gasteiger partial charge in [0, 0.05) is 0 Å². The number of nitrogens with two attached hydrogens (primary N) is 3. The van der Waals surface area contributed by atoms with E-state index in [1.807, 2.05) is 37.3 Å². The normalized spacial score (nSPS) is 14.9. The molecule has 0 aromatic heterocycles. The van der Waals surface area contributed by atoms with Crippen LogP contribution < -0.4 is 33.2 Å². The highest BCUT2D eigenvalue weighted by Crippen LogP contribution is 2.11. The van der Waals surface area contributed by atoms with Gasteiger partial charge in [0.2, 0.25) is 23.6 Å². The van der Waals surface area contributed by atoms with Crippen molar-refractivity contribution in [2.45, 2.75) is 76.5 Å². The van der Waals surface area contributed by atoms with E-state index in [1.54, 1.807) is 6.92 Å². The van der Waals surface area contributed by atoms with E-state index in [4.69, 9.17) is 17.2 Å². The largest absolute Gasteiger partial charge is 0.480 e. The van der Waals surface area contributed by atoms with Crippen LogP contribution in [0.4, 0.5) is 0 Å². The van der Waals surface area contributed by atoms with Gasteiger partial charge in [-0.3, -0.25) is 19.2 Å². The number of carbonyl (C=O) groups is 5. The van der Waals surface area contributed by atoms with E-state index in [9.17, 15) is 29.1 Å². The Morgan fingerprint density at radius 3 is 2.08 bits per heavy atom. The number of carboxylic acid groups (broad SMARTS) is 1. The van der Waals surface area contributed by atoms with Crippen molar-refractivity contribution in [3.8, 4) is 0 Å². The lowest BCUT2D eigenvalue weighted by molar-refractivity contribution is -0.142. The van der Waals surface area contributed by atoms with Gasteiger partial charge < -0.3 is 38.3 Å². The van der Waals surface area contributed by atoms with Gasteiger partial charge in [0.05, 0.1) is 12.5 Å². The Morgan fingerprint density at radius 1 is 0.919 bits per heavy atom. The molecular weight excluding hydrogens is 480 g/mol. The van der Waals surface area contributed by atoms with Crippen molar-refractivity contribution in [1.29, 1.82) is 0 Å². The van der Waals surface area contributed by atoms with Crippen molar-refractivity contribution in [3.63, 3.8) is 0 Å². The number of benzene rings is 1. The van der Waals surface area contributed by atoms with E-state index in [1.165, 1.54) is 0 Å². The summed E-state index contributed by atoms with van der Waals surface area (Å²) in [5, 5.41) is 16.9. The van der Waals surface area contributed by atoms with Crippen molar-refractivity contribution < 1.29 is 29.1 Å². The third-order valence-corrected chi connectivity index (χ3v) is 6.03. The Labute approximate surface area is 217 Å². The average Bonchev–Trinajstić information content (AvgIpc) is 2.85. The summed E-state index contributed by atoms with van der Waals surface area (Å²) in [4.78, 5) is 61.9. The molecule has 12 heteroatoms. The fraction of sp³-hybridized carbons (Fsp3) is 0.560. The number of carbonyl (C=O) groups excluding carboxylic acids is 4.